The first kappa shape index (κ1) is 25.2. The van der Waals surface area contributed by atoms with E-state index in [4.69, 9.17) is 16.3 Å². The molecule has 36 heavy (non-hydrogen) atoms. The second-order valence-corrected chi connectivity index (χ2v) is 9.14. The van der Waals surface area contributed by atoms with Gasteiger partial charge in [-0.3, -0.25) is 19.3 Å². The zero-order valence-corrected chi connectivity index (χ0v) is 20.8. The largest absolute Gasteiger partial charge is 0.462 e. The van der Waals surface area contributed by atoms with E-state index in [9.17, 15) is 19.2 Å². The van der Waals surface area contributed by atoms with E-state index in [-0.39, 0.29) is 24.3 Å². The molecule has 182 valence electrons. The number of carbonyl (C=O) groups is 4. The van der Waals surface area contributed by atoms with Crippen LogP contribution in [0.1, 0.15) is 38.8 Å². The number of hydrogen-bond donors (Lipinski definition) is 1. The molecule has 1 aliphatic heterocycles. The third-order valence-corrected chi connectivity index (χ3v) is 6.53. The van der Waals surface area contributed by atoms with Gasteiger partial charge in [0.2, 0.25) is 0 Å². The summed E-state index contributed by atoms with van der Waals surface area (Å²) in [5.74, 6) is -1.15. The maximum absolute atomic E-state index is 12.8. The Morgan fingerprint density at radius 3 is 2.31 bits per heavy atom. The van der Waals surface area contributed by atoms with Crippen LogP contribution in [0.2, 0.25) is 5.02 Å². The summed E-state index contributed by atoms with van der Waals surface area (Å²) in [4.78, 5) is 51.1. The predicted molar refractivity (Wildman–Crippen MR) is 140 cm³/mol. The number of nitrogens with zero attached hydrogens (tertiary/aromatic N) is 1. The van der Waals surface area contributed by atoms with Gasteiger partial charge < -0.3 is 10.1 Å². The van der Waals surface area contributed by atoms with Crippen molar-refractivity contribution in [2.75, 3.05) is 11.9 Å². The quantitative estimate of drug-likeness (QED) is 0.303. The van der Waals surface area contributed by atoms with Crippen LogP contribution in [-0.2, 0) is 16.1 Å². The van der Waals surface area contributed by atoms with Gasteiger partial charge in [0.25, 0.3) is 17.1 Å². The molecule has 0 bridgehead atoms. The first-order valence-corrected chi connectivity index (χ1v) is 12.2. The predicted octanol–water partition coefficient (Wildman–Crippen LogP) is 6.01. The fourth-order valence-corrected chi connectivity index (χ4v) is 4.44. The summed E-state index contributed by atoms with van der Waals surface area (Å²) >= 11 is 7.03. The van der Waals surface area contributed by atoms with Crippen molar-refractivity contribution in [3.05, 3.63) is 105 Å². The molecule has 0 aliphatic carbocycles. The van der Waals surface area contributed by atoms with Crippen LogP contribution in [0.15, 0.2) is 77.7 Å². The molecule has 1 fully saturated rings. The van der Waals surface area contributed by atoms with Crippen LogP contribution in [0, 0.1) is 0 Å². The Balaban J connectivity index is 1.39. The lowest BCUT2D eigenvalue weighted by molar-refractivity contribution is -0.123. The molecule has 1 N–H and O–H groups in total. The highest BCUT2D eigenvalue weighted by molar-refractivity contribution is 8.18. The average molecular weight is 521 g/mol. The van der Waals surface area contributed by atoms with E-state index in [0.717, 1.165) is 16.7 Å². The van der Waals surface area contributed by atoms with E-state index >= 15 is 0 Å². The van der Waals surface area contributed by atoms with Gasteiger partial charge in [-0.15, -0.1) is 0 Å². The van der Waals surface area contributed by atoms with Crippen LogP contribution in [0.4, 0.5) is 10.5 Å². The second kappa shape index (κ2) is 11.2. The summed E-state index contributed by atoms with van der Waals surface area (Å²) in [7, 11) is 0. The van der Waals surface area contributed by atoms with Crippen LogP contribution in [0.5, 0.6) is 0 Å². The highest BCUT2D eigenvalue weighted by Crippen LogP contribution is 2.34. The lowest BCUT2D eigenvalue weighted by Gasteiger charge is -2.13. The zero-order chi connectivity index (χ0) is 25.7. The van der Waals surface area contributed by atoms with Gasteiger partial charge in [-0.2, -0.15) is 0 Å². The van der Waals surface area contributed by atoms with E-state index in [1.54, 1.807) is 85.8 Å². The van der Waals surface area contributed by atoms with Crippen molar-refractivity contribution < 1.29 is 23.9 Å². The Morgan fingerprint density at radius 1 is 0.972 bits per heavy atom. The Kier molecular flexibility index (Phi) is 7.87. The number of nitrogens with one attached hydrogen (secondary N) is 1. The third kappa shape index (κ3) is 5.84. The van der Waals surface area contributed by atoms with Crippen molar-refractivity contribution in [2.45, 2.75) is 13.5 Å². The molecule has 0 atom stereocenters. The van der Waals surface area contributed by atoms with Gasteiger partial charge in [-0.1, -0.05) is 41.9 Å². The summed E-state index contributed by atoms with van der Waals surface area (Å²) in [5.41, 5.74) is 2.69. The molecule has 3 aromatic rings. The molecule has 0 aromatic heterocycles. The number of benzene rings is 3. The standard InChI is InChI=1S/C27H21ClN2O5S/c1-2-35-26(33)19-11-13-21(14-12-19)29-24(31)18-9-7-17(8-10-18)16-30-25(32)23(36-27(30)34)15-20-5-3-4-6-22(20)28/h3-15H,2,16H2,1H3,(H,29,31)/b23-15-. The number of amides is 3. The number of imide groups is 1. The lowest BCUT2D eigenvalue weighted by Crippen LogP contribution is -2.27. The summed E-state index contributed by atoms with van der Waals surface area (Å²) in [6.45, 7) is 2.10. The maximum Gasteiger partial charge on any atom is 0.338 e. The highest BCUT2D eigenvalue weighted by Gasteiger charge is 2.35. The Hall–Kier alpha value is -3.88. The Labute approximate surface area is 217 Å². The van der Waals surface area contributed by atoms with Gasteiger partial charge in [-0.25, -0.2) is 4.79 Å². The molecule has 0 radical (unpaired) electrons. The molecule has 0 saturated carbocycles. The highest BCUT2D eigenvalue weighted by atomic mass is 35.5. The van der Waals surface area contributed by atoms with Crippen LogP contribution >= 0.6 is 23.4 Å². The van der Waals surface area contributed by atoms with Gasteiger partial charge >= 0.3 is 5.97 Å². The summed E-state index contributed by atoms with van der Waals surface area (Å²) < 4.78 is 4.95. The Morgan fingerprint density at radius 2 is 1.64 bits per heavy atom. The summed E-state index contributed by atoms with van der Waals surface area (Å²) in [6.07, 6.45) is 1.61. The number of anilines is 1. The van der Waals surface area contributed by atoms with E-state index in [2.05, 4.69) is 5.32 Å². The minimum atomic E-state index is -0.425. The number of esters is 1. The molecular formula is C27H21ClN2O5S. The number of carbonyl (C=O) groups excluding carboxylic acids is 4. The monoisotopic (exact) mass is 520 g/mol. The van der Waals surface area contributed by atoms with Crippen molar-refractivity contribution >= 4 is 58.1 Å². The van der Waals surface area contributed by atoms with Crippen LogP contribution < -0.4 is 5.32 Å². The van der Waals surface area contributed by atoms with Gasteiger partial charge in [0.15, 0.2) is 0 Å². The van der Waals surface area contributed by atoms with Crippen molar-refractivity contribution in [3.8, 4) is 0 Å². The van der Waals surface area contributed by atoms with Gasteiger partial charge in [0.1, 0.15) is 0 Å². The lowest BCUT2D eigenvalue weighted by atomic mass is 10.1. The first-order chi connectivity index (χ1) is 17.4. The molecule has 0 unspecified atom stereocenters. The molecule has 7 nitrogen and oxygen atoms in total. The van der Waals surface area contributed by atoms with Gasteiger partial charge in [0, 0.05) is 16.3 Å². The van der Waals surface area contributed by atoms with Crippen LogP contribution in [0.25, 0.3) is 6.08 Å². The van der Waals surface area contributed by atoms with Crippen molar-refractivity contribution in [1.82, 2.24) is 4.90 Å². The van der Waals surface area contributed by atoms with Crippen molar-refractivity contribution in [1.29, 1.82) is 0 Å². The van der Waals surface area contributed by atoms with E-state index in [0.29, 0.717) is 37.9 Å². The maximum atomic E-state index is 12.8. The fourth-order valence-electron chi connectivity index (χ4n) is 3.42. The minimum Gasteiger partial charge on any atom is -0.462 e. The number of rotatable bonds is 7. The number of ether oxygens (including phenoxy) is 1. The minimum absolute atomic E-state index is 0.0851. The summed E-state index contributed by atoms with van der Waals surface area (Å²) in [5, 5.41) is 2.89. The number of halogens is 1. The fraction of sp³-hybridized carbons (Fsp3) is 0.111. The molecule has 1 saturated heterocycles. The van der Waals surface area contributed by atoms with Crippen LogP contribution in [-0.4, -0.2) is 34.5 Å². The summed E-state index contributed by atoms with van der Waals surface area (Å²) in [6, 6.07) is 20.1. The molecule has 9 heteroatoms. The third-order valence-electron chi connectivity index (χ3n) is 5.28. The molecule has 3 amide bonds. The molecular weight excluding hydrogens is 500 g/mol. The SMILES string of the molecule is CCOC(=O)c1ccc(NC(=O)c2ccc(CN3C(=O)S/C(=C\c4ccccc4Cl)C3=O)cc2)cc1. The molecule has 1 heterocycles. The van der Waals surface area contributed by atoms with Crippen molar-refractivity contribution in [3.63, 3.8) is 0 Å². The van der Waals surface area contributed by atoms with E-state index in [1.807, 2.05) is 0 Å². The van der Waals surface area contributed by atoms with Gasteiger partial charge in [-0.05, 0) is 78.4 Å². The first-order valence-electron chi connectivity index (χ1n) is 11.0. The molecule has 3 aromatic carbocycles. The number of thioether (sulfide) groups is 1. The second-order valence-electron chi connectivity index (χ2n) is 7.74. The van der Waals surface area contributed by atoms with Crippen molar-refractivity contribution in [2.24, 2.45) is 0 Å². The smallest absolute Gasteiger partial charge is 0.338 e. The normalized spacial score (nSPS) is 14.3. The van der Waals surface area contributed by atoms with E-state index < -0.39 is 11.9 Å². The average Bonchev–Trinajstić information content (AvgIpc) is 3.13. The zero-order valence-electron chi connectivity index (χ0n) is 19.2. The molecule has 1 aliphatic rings. The number of hydrogen-bond acceptors (Lipinski definition) is 6. The van der Waals surface area contributed by atoms with Gasteiger partial charge in [0.05, 0.1) is 23.6 Å². The molecule has 0 spiro atoms. The molecule has 4 rings (SSSR count). The Bertz CT molecular complexity index is 1350. The van der Waals surface area contributed by atoms with Crippen LogP contribution in [0.3, 0.4) is 0 Å². The topological polar surface area (TPSA) is 92.8 Å². The van der Waals surface area contributed by atoms with E-state index in [1.165, 1.54) is 0 Å².